The summed E-state index contributed by atoms with van der Waals surface area (Å²) in [6, 6.07) is 8.21. The molecule has 0 unspecified atom stereocenters. The molecule has 1 heterocycles. The highest BCUT2D eigenvalue weighted by Crippen LogP contribution is 2.19. The number of amides is 1. The molecule has 0 radical (unpaired) electrons. The minimum absolute atomic E-state index is 0.185. The van der Waals surface area contributed by atoms with E-state index in [1.54, 1.807) is 18.0 Å². The summed E-state index contributed by atoms with van der Waals surface area (Å²) in [7, 11) is 0. The molecule has 0 atom stereocenters. The second-order valence-corrected chi connectivity index (χ2v) is 4.76. The molecular weight excluding hydrogens is 258 g/mol. The van der Waals surface area contributed by atoms with Gasteiger partial charge in [-0.15, -0.1) is 11.8 Å². The largest absolute Gasteiger partial charge is 0.350 e. The molecule has 4 nitrogen and oxygen atoms in total. The first kappa shape index (κ1) is 13.5. The van der Waals surface area contributed by atoms with Gasteiger partial charge in [0.05, 0.1) is 6.20 Å². The summed E-state index contributed by atoms with van der Waals surface area (Å²) < 4.78 is 0. The number of hydrogen-bond acceptors (Lipinski definition) is 4. The Morgan fingerprint density at radius 2 is 2.16 bits per heavy atom. The monoisotopic (exact) mass is 273 g/mol. The van der Waals surface area contributed by atoms with Crippen LogP contribution in [0.3, 0.4) is 0 Å². The molecule has 0 aliphatic heterocycles. The highest BCUT2D eigenvalue weighted by molar-refractivity contribution is 7.98. The van der Waals surface area contributed by atoms with Crippen LogP contribution in [0, 0.1) is 0 Å². The van der Waals surface area contributed by atoms with E-state index < -0.39 is 0 Å². The van der Waals surface area contributed by atoms with Gasteiger partial charge < -0.3 is 5.32 Å². The number of carbonyl (C=O) groups is 1. The van der Waals surface area contributed by atoms with Crippen molar-refractivity contribution in [3.05, 3.63) is 54.1 Å². The summed E-state index contributed by atoms with van der Waals surface area (Å²) in [5, 5.41) is 2.85. The number of nitrogens with zero attached hydrogens (tertiary/aromatic N) is 2. The number of rotatable bonds is 5. The zero-order chi connectivity index (χ0) is 13.5. The third-order valence-corrected chi connectivity index (χ3v) is 3.51. The zero-order valence-electron chi connectivity index (χ0n) is 10.7. The topological polar surface area (TPSA) is 54.9 Å². The molecule has 0 aliphatic rings. The summed E-state index contributed by atoms with van der Waals surface area (Å²) in [4.78, 5) is 20.8. The van der Waals surface area contributed by atoms with Crippen molar-refractivity contribution in [3.8, 4) is 0 Å². The standard InChI is InChI=1S/C14H15N3OS/c1-19-13-5-3-2-4-11(13)6-7-17-14(18)12-10-15-8-9-16-12/h2-5,8-10H,6-7H2,1H3,(H,17,18). The normalized spacial score (nSPS) is 10.2. The fourth-order valence-corrected chi connectivity index (χ4v) is 2.37. The third kappa shape index (κ3) is 3.79. The first-order chi connectivity index (χ1) is 9.31. The Labute approximate surface area is 116 Å². The first-order valence-electron chi connectivity index (χ1n) is 5.97. The van der Waals surface area contributed by atoms with E-state index in [2.05, 4.69) is 33.7 Å². The van der Waals surface area contributed by atoms with Gasteiger partial charge in [-0.25, -0.2) is 4.98 Å². The molecule has 0 fully saturated rings. The average molecular weight is 273 g/mol. The number of hydrogen-bond donors (Lipinski definition) is 1. The Balaban J connectivity index is 1.88. The van der Waals surface area contributed by atoms with Gasteiger partial charge in [-0.1, -0.05) is 18.2 Å². The molecule has 2 aromatic rings. The number of thioether (sulfide) groups is 1. The molecule has 1 aromatic carbocycles. The second kappa shape index (κ2) is 6.89. The molecule has 5 heteroatoms. The Morgan fingerprint density at radius 1 is 1.32 bits per heavy atom. The van der Waals surface area contributed by atoms with Gasteiger partial charge in [0, 0.05) is 23.8 Å². The minimum atomic E-state index is -0.185. The van der Waals surface area contributed by atoms with Crippen molar-refractivity contribution in [2.75, 3.05) is 12.8 Å². The van der Waals surface area contributed by atoms with Gasteiger partial charge in [-0.05, 0) is 24.3 Å². The molecule has 19 heavy (non-hydrogen) atoms. The van der Waals surface area contributed by atoms with Crippen LogP contribution in [0.5, 0.6) is 0 Å². The Hall–Kier alpha value is -1.88. The molecule has 0 bridgehead atoms. The summed E-state index contributed by atoms with van der Waals surface area (Å²) >= 11 is 1.72. The highest BCUT2D eigenvalue weighted by Gasteiger charge is 2.06. The minimum Gasteiger partial charge on any atom is -0.350 e. The van der Waals surface area contributed by atoms with Gasteiger partial charge >= 0.3 is 0 Å². The van der Waals surface area contributed by atoms with Crippen molar-refractivity contribution in [1.82, 2.24) is 15.3 Å². The predicted molar refractivity (Wildman–Crippen MR) is 76.3 cm³/mol. The number of benzene rings is 1. The number of aromatic nitrogens is 2. The van der Waals surface area contributed by atoms with E-state index in [1.165, 1.54) is 22.9 Å². The Kier molecular flexibility index (Phi) is 4.92. The van der Waals surface area contributed by atoms with Crippen molar-refractivity contribution in [2.45, 2.75) is 11.3 Å². The van der Waals surface area contributed by atoms with Crippen molar-refractivity contribution in [2.24, 2.45) is 0 Å². The molecule has 1 N–H and O–H groups in total. The molecule has 0 spiro atoms. The van der Waals surface area contributed by atoms with Crippen LogP contribution in [0.25, 0.3) is 0 Å². The lowest BCUT2D eigenvalue weighted by Crippen LogP contribution is -2.26. The first-order valence-corrected chi connectivity index (χ1v) is 7.20. The highest BCUT2D eigenvalue weighted by atomic mass is 32.2. The molecule has 0 saturated carbocycles. The van der Waals surface area contributed by atoms with Gasteiger partial charge in [-0.3, -0.25) is 9.78 Å². The maximum Gasteiger partial charge on any atom is 0.271 e. The van der Waals surface area contributed by atoms with E-state index in [-0.39, 0.29) is 5.91 Å². The van der Waals surface area contributed by atoms with Gasteiger partial charge in [0.25, 0.3) is 5.91 Å². The summed E-state index contributed by atoms with van der Waals surface area (Å²) in [6.45, 7) is 0.590. The predicted octanol–water partition coefficient (Wildman–Crippen LogP) is 2.17. The van der Waals surface area contributed by atoms with Crippen LogP contribution in [0.4, 0.5) is 0 Å². The van der Waals surface area contributed by atoms with Crippen molar-refractivity contribution < 1.29 is 4.79 Å². The van der Waals surface area contributed by atoms with Crippen LogP contribution in [0.2, 0.25) is 0 Å². The van der Waals surface area contributed by atoms with Crippen molar-refractivity contribution >= 4 is 17.7 Å². The average Bonchev–Trinajstić information content (AvgIpc) is 2.48. The third-order valence-electron chi connectivity index (χ3n) is 2.67. The van der Waals surface area contributed by atoms with E-state index in [1.807, 2.05) is 12.1 Å². The fraction of sp³-hybridized carbons (Fsp3) is 0.214. The summed E-state index contributed by atoms with van der Waals surface area (Å²) in [5.74, 6) is -0.185. The Bertz CT molecular complexity index is 545. The van der Waals surface area contributed by atoms with Crippen LogP contribution in [-0.2, 0) is 6.42 Å². The SMILES string of the molecule is CSc1ccccc1CCNC(=O)c1cnccn1. The lowest BCUT2D eigenvalue weighted by atomic mass is 10.1. The maximum absolute atomic E-state index is 11.8. The molecule has 0 saturated heterocycles. The van der Waals surface area contributed by atoms with E-state index in [0.717, 1.165) is 6.42 Å². The van der Waals surface area contributed by atoms with Gasteiger partial charge in [-0.2, -0.15) is 0 Å². The molecule has 1 amide bonds. The van der Waals surface area contributed by atoms with Crippen LogP contribution in [0.15, 0.2) is 47.8 Å². The lowest BCUT2D eigenvalue weighted by Gasteiger charge is -2.08. The number of nitrogens with one attached hydrogen (secondary N) is 1. The lowest BCUT2D eigenvalue weighted by molar-refractivity contribution is 0.0948. The van der Waals surface area contributed by atoms with Crippen LogP contribution < -0.4 is 5.32 Å². The van der Waals surface area contributed by atoms with E-state index in [9.17, 15) is 4.79 Å². The maximum atomic E-state index is 11.8. The van der Waals surface area contributed by atoms with Gasteiger partial charge in [0.2, 0.25) is 0 Å². The van der Waals surface area contributed by atoms with Gasteiger partial charge in [0.15, 0.2) is 0 Å². The zero-order valence-corrected chi connectivity index (χ0v) is 11.5. The fourth-order valence-electron chi connectivity index (χ4n) is 1.73. The quantitative estimate of drug-likeness (QED) is 0.848. The van der Waals surface area contributed by atoms with Crippen LogP contribution in [-0.4, -0.2) is 28.7 Å². The van der Waals surface area contributed by atoms with E-state index >= 15 is 0 Å². The van der Waals surface area contributed by atoms with Crippen molar-refractivity contribution in [3.63, 3.8) is 0 Å². The molecule has 98 valence electrons. The Morgan fingerprint density at radius 3 is 2.89 bits per heavy atom. The summed E-state index contributed by atoms with van der Waals surface area (Å²) in [6.07, 6.45) is 7.38. The molecule has 2 rings (SSSR count). The number of carbonyl (C=O) groups excluding carboxylic acids is 1. The van der Waals surface area contributed by atoms with E-state index in [0.29, 0.717) is 12.2 Å². The second-order valence-electron chi connectivity index (χ2n) is 3.91. The molecule has 0 aliphatic carbocycles. The van der Waals surface area contributed by atoms with Gasteiger partial charge in [0.1, 0.15) is 5.69 Å². The van der Waals surface area contributed by atoms with Crippen LogP contribution in [0.1, 0.15) is 16.1 Å². The van der Waals surface area contributed by atoms with Crippen LogP contribution >= 0.6 is 11.8 Å². The molecule has 1 aromatic heterocycles. The summed E-state index contributed by atoms with van der Waals surface area (Å²) in [5.41, 5.74) is 1.59. The smallest absolute Gasteiger partial charge is 0.271 e. The molecular formula is C14H15N3OS. The van der Waals surface area contributed by atoms with E-state index in [4.69, 9.17) is 0 Å². The van der Waals surface area contributed by atoms with Crippen molar-refractivity contribution in [1.29, 1.82) is 0 Å².